The number of amides is 1. The Morgan fingerprint density at radius 3 is 2.65 bits per heavy atom. The number of pyridine rings is 1. The first-order valence-electron chi connectivity index (χ1n) is 13.1. The van der Waals surface area contributed by atoms with Crippen LogP contribution >= 0.6 is 0 Å². The predicted molar refractivity (Wildman–Crippen MR) is 153 cm³/mol. The number of benzene rings is 3. The highest BCUT2D eigenvalue weighted by Gasteiger charge is 2.29. The van der Waals surface area contributed by atoms with Gasteiger partial charge in [0.15, 0.2) is 0 Å². The summed E-state index contributed by atoms with van der Waals surface area (Å²) in [6, 6.07) is 24.6. The van der Waals surface area contributed by atoms with Crippen LogP contribution in [-0.2, 0) is 17.8 Å². The normalized spacial score (nSPS) is 13.6. The molecule has 1 fully saturated rings. The summed E-state index contributed by atoms with van der Waals surface area (Å²) >= 11 is 0. The molecule has 2 aromatic heterocycles. The molecule has 1 amide bonds. The average Bonchev–Trinajstić information content (AvgIpc) is 3.41. The number of rotatable bonds is 9. The van der Waals surface area contributed by atoms with E-state index in [9.17, 15) is 14.7 Å². The fraction of sp³-hybridized carbons (Fsp3) is 0.156. The number of hydrogen-bond donors (Lipinski definition) is 3. The molecule has 0 radical (unpaired) electrons. The molecule has 3 heterocycles. The molecule has 0 saturated carbocycles. The van der Waals surface area contributed by atoms with Crippen molar-refractivity contribution in [3.8, 4) is 16.9 Å². The number of aromatic amines is 1. The van der Waals surface area contributed by atoms with Gasteiger partial charge in [0.2, 0.25) is 5.91 Å². The molecule has 1 aliphatic heterocycles. The number of carboxylic acids is 1. The summed E-state index contributed by atoms with van der Waals surface area (Å²) in [5.41, 5.74) is 5.44. The molecule has 8 heteroatoms. The standard InChI is InChI=1S/C32H28N4O4/c37-30(35-25-4-2-13-33-17-25)15-21-6-10-26(11-7-21)40-27-19-36(20-27)18-24-3-1-5-28(32(38)39)31(24)23-9-8-22-12-14-34-29(22)16-23/h1-14,16-17,27,34H,15,18-20H2,(H,35,37)(H,38,39). The number of ether oxygens (including phenoxy) is 1. The molecular weight excluding hydrogens is 504 g/mol. The number of carbonyl (C=O) groups excluding carboxylic acids is 1. The van der Waals surface area contributed by atoms with Crippen molar-refractivity contribution in [1.82, 2.24) is 14.9 Å². The number of H-pyrrole nitrogens is 1. The van der Waals surface area contributed by atoms with Crippen LogP contribution in [0.1, 0.15) is 21.5 Å². The summed E-state index contributed by atoms with van der Waals surface area (Å²) in [4.78, 5) is 33.8. The number of likely N-dealkylation sites (tertiary alicyclic amines) is 1. The maximum absolute atomic E-state index is 12.3. The van der Waals surface area contributed by atoms with Gasteiger partial charge in [0, 0.05) is 43.1 Å². The third kappa shape index (κ3) is 5.57. The second-order valence-corrected chi connectivity index (χ2v) is 9.97. The first-order chi connectivity index (χ1) is 19.5. The van der Waals surface area contributed by atoms with Crippen LogP contribution in [-0.4, -0.2) is 51.0 Å². The summed E-state index contributed by atoms with van der Waals surface area (Å²) in [5, 5.41) is 13.8. The summed E-state index contributed by atoms with van der Waals surface area (Å²) in [6.45, 7) is 2.10. The Balaban J connectivity index is 1.07. The highest BCUT2D eigenvalue weighted by Crippen LogP contribution is 2.32. The number of carbonyl (C=O) groups is 2. The van der Waals surface area contributed by atoms with Crippen LogP contribution in [0, 0.1) is 0 Å². The van der Waals surface area contributed by atoms with E-state index in [1.54, 1.807) is 30.6 Å². The summed E-state index contributed by atoms with van der Waals surface area (Å²) < 4.78 is 6.14. The van der Waals surface area contributed by atoms with E-state index in [2.05, 4.69) is 20.2 Å². The Hall–Kier alpha value is -4.95. The number of aromatic carboxylic acids is 1. The minimum Gasteiger partial charge on any atom is -0.488 e. The first-order valence-corrected chi connectivity index (χ1v) is 13.1. The van der Waals surface area contributed by atoms with Gasteiger partial charge in [-0.3, -0.25) is 14.7 Å². The van der Waals surface area contributed by atoms with Gasteiger partial charge in [0.1, 0.15) is 11.9 Å². The van der Waals surface area contributed by atoms with Crippen LogP contribution in [0.15, 0.2) is 97.5 Å². The topological polar surface area (TPSA) is 108 Å². The molecule has 1 saturated heterocycles. The van der Waals surface area contributed by atoms with Crippen molar-refractivity contribution >= 4 is 28.5 Å². The molecule has 0 aliphatic carbocycles. The van der Waals surface area contributed by atoms with Gasteiger partial charge in [-0.2, -0.15) is 0 Å². The maximum atomic E-state index is 12.3. The van der Waals surface area contributed by atoms with Crippen molar-refractivity contribution < 1.29 is 19.4 Å². The van der Waals surface area contributed by atoms with Crippen molar-refractivity contribution in [1.29, 1.82) is 0 Å². The Bertz CT molecular complexity index is 1660. The molecule has 40 heavy (non-hydrogen) atoms. The minimum atomic E-state index is -0.939. The maximum Gasteiger partial charge on any atom is 0.336 e. The van der Waals surface area contributed by atoms with E-state index in [1.807, 2.05) is 66.9 Å². The molecule has 3 N–H and O–H groups in total. The molecule has 8 nitrogen and oxygen atoms in total. The Kier molecular flexibility index (Phi) is 6.99. The molecule has 6 rings (SSSR count). The molecule has 5 aromatic rings. The lowest BCUT2D eigenvalue weighted by Crippen LogP contribution is -2.53. The average molecular weight is 533 g/mol. The third-order valence-corrected chi connectivity index (χ3v) is 7.08. The number of hydrogen-bond acceptors (Lipinski definition) is 5. The van der Waals surface area contributed by atoms with E-state index in [0.29, 0.717) is 17.8 Å². The van der Waals surface area contributed by atoms with Crippen LogP contribution in [0.4, 0.5) is 5.69 Å². The first kappa shape index (κ1) is 25.3. The van der Waals surface area contributed by atoms with Gasteiger partial charge in [-0.25, -0.2) is 4.79 Å². The molecular formula is C32H28N4O4. The SMILES string of the molecule is O=C(Cc1ccc(OC2CN(Cc3cccc(C(=O)O)c3-c3ccc4cc[nH]c4c3)C2)cc1)Nc1cccnc1. The van der Waals surface area contributed by atoms with Gasteiger partial charge in [0.25, 0.3) is 0 Å². The summed E-state index contributed by atoms with van der Waals surface area (Å²) in [5.74, 6) is -0.282. The lowest BCUT2D eigenvalue weighted by molar-refractivity contribution is -0.115. The van der Waals surface area contributed by atoms with Gasteiger partial charge in [-0.15, -0.1) is 0 Å². The van der Waals surface area contributed by atoms with Gasteiger partial charge in [-0.1, -0.05) is 36.4 Å². The second-order valence-electron chi connectivity index (χ2n) is 9.97. The number of anilines is 1. The van der Waals surface area contributed by atoms with Gasteiger partial charge >= 0.3 is 5.97 Å². The zero-order valence-electron chi connectivity index (χ0n) is 21.7. The van der Waals surface area contributed by atoms with Gasteiger partial charge in [0.05, 0.1) is 23.9 Å². The quantitative estimate of drug-likeness (QED) is 0.236. The van der Waals surface area contributed by atoms with Crippen LogP contribution in [0.2, 0.25) is 0 Å². The highest BCUT2D eigenvalue weighted by atomic mass is 16.5. The van der Waals surface area contributed by atoms with Crippen molar-refractivity contribution in [2.75, 3.05) is 18.4 Å². The zero-order valence-corrected chi connectivity index (χ0v) is 21.7. The molecule has 0 unspecified atom stereocenters. The third-order valence-electron chi connectivity index (χ3n) is 7.08. The molecule has 0 bridgehead atoms. The second kappa shape index (κ2) is 11.0. The fourth-order valence-electron chi connectivity index (χ4n) is 5.13. The van der Waals surface area contributed by atoms with Crippen molar-refractivity contribution in [3.63, 3.8) is 0 Å². The summed E-state index contributed by atoms with van der Waals surface area (Å²) in [7, 11) is 0. The van der Waals surface area contributed by atoms with E-state index in [1.165, 1.54) is 0 Å². The van der Waals surface area contributed by atoms with Crippen LogP contribution < -0.4 is 10.1 Å². The van der Waals surface area contributed by atoms with Crippen LogP contribution in [0.3, 0.4) is 0 Å². The van der Waals surface area contributed by atoms with Crippen molar-refractivity contribution in [3.05, 3.63) is 114 Å². The van der Waals surface area contributed by atoms with E-state index in [0.717, 1.165) is 52.0 Å². The zero-order chi connectivity index (χ0) is 27.5. The molecule has 0 atom stereocenters. The molecule has 200 valence electrons. The smallest absolute Gasteiger partial charge is 0.336 e. The Morgan fingerprint density at radius 1 is 1.02 bits per heavy atom. The molecule has 1 aliphatic rings. The number of aromatic nitrogens is 2. The van der Waals surface area contributed by atoms with Crippen LogP contribution in [0.5, 0.6) is 5.75 Å². The van der Waals surface area contributed by atoms with E-state index >= 15 is 0 Å². The molecule has 0 spiro atoms. The van der Waals surface area contributed by atoms with Crippen molar-refractivity contribution in [2.45, 2.75) is 19.1 Å². The number of fused-ring (bicyclic) bond motifs is 1. The monoisotopic (exact) mass is 532 g/mol. The van der Waals surface area contributed by atoms with E-state index < -0.39 is 5.97 Å². The van der Waals surface area contributed by atoms with E-state index in [-0.39, 0.29) is 18.4 Å². The summed E-state index contributed by atoms with van der Waals surface area (Å²) in [6.07, 6.45) is 5.46. The Morgan fingerprint density at radius 2 is 1.88 bits per heavy atom. The fourth-order valence-corrected chi connectivity index (χ4v) is 5.13. The number of carboxylic acid groups (broad SMARTS) is 1. The van der Waals surface area contributed by atoms with Crippen LogP contribution in [0.25, 0.3) is 22.0 Å². The Labute approximate surface area is 231 Å². The highest BCUT2D eigenvalue weighted by molar-refractivity contribution is 5.98. The lowest BCUT2D eigenvalue weighted by Gasteiger charge is -2.39. The van der Waals surface area contributed by atoms with Gasteiger partial charge < -0.3 is 20.1 Å². The minimum absolute atomic E-state index is 0.0427. The number of nitrogens with one attached hydrogen (secondary N) is 2. The molecule has 3 aromatic carbocycles. The largest absolute Gasteiger partial charge is 0.488 e. The van der Waals surface area contributed by atoms with Crippen molar-refractivity contribution in [2.24, 2.45) is 0 Å². The predicted octanol–water partition coefficient (Wildman–Crippen LogP) is 5.37. The van der Waals surface area contributed by atoms with E-state index in [4.69, 9.17) is 4.74 Å². The van der Waals surface area contributed by atoms with Gasteiger partial charge in [-0.05, 0) is 64.5 Å². The number of nitrogens with zero attached hydrogens (tertiary/aromatic N) is 2. The lowest BCUT2D eigenvalue weighted by atomic mass is 9.92.